The fourth-order valence-corrected chi connectivity index (χ4v) is 6.19. The molecule has 0 radical (unpaired) electrons. The minimum Gasteiger partial charge on any atom is -0.388 e. The number of aryl methyl sites for hydroxylation is 1. The van der Waals surface area contributed by atoms with Crippen LogP contribution in [-0.4, -0.2) is 32.9 Å². The largest absolute Gasteiger partial charge is 0.417 e. The Balaban J connectivity index is 1.54. The first-order chi connectivity index (χ1) is 17.5. The van der Waals surface area contributed by atoms with E-state index in [0.717, 1.165) is 11.1 Å². The van der Waals surface area contributed by atoms with Gasteiger partial charge in [-0.3, -0.25) is 9.78 Å². The van der Waals surface area contributed by atoms with Crippen molar-refractivity contribution in [2.24, 2.45) is 5.92 Å². The number of hydrogen-bond acceptors (Lipinski definition) is 4. The number of pyridine rings is 1. The lowest BCUT2D eigenvalue weighted by atomic mass is 9.52. The van der Waals surface area contributed by atoms with Gasteiger partial charge < -0.3 is 15.5 Å². The molecule has 2 aromatic carbocycles. The minimum absolute atomic E-state index is 0.0744. The predicted octanol–water partition coefficient (Wildman–Crippen LogP) is 5.65. The number of fused-ring (bicyclic) bond motifs is 3. The number of alkyl halides is 3. The van der Waals surface area contributed by atoms with Crippen LogP contribution >= 0.6 is 0 Å². The van der Waals surface area contributed by atoms with Crippen molar-refractivity contribution in [1.29, 1.82) is 0 Å². The second-order valence-corrected chi connectivity index (χ2v) is 10.4. The van der Waals surface area contributed by atoms with E-state index in [1.165, 1.54) is 0 Å². The summed E-state index contributed by atoms with van der Waals surface area (Å²) in [5.74, 6) is -0.950. The van der Waals surface area contributed by atoms with Crippen molar-refractivity contribution >= 4 is 11.6 Å². The van der Waals surface area contributed by atoms with Crippen molar-refractivity contribution in [2.45, 2.75) is 62.3 Å². The van der Waals surface area contributed by atoms with Crippen molar-refractivity contribution in [1.82, 2.24) is 4.98 Å². The average molecular weight is 511 g/mol. The lowest BCUT2D eigenvalue weighted by Gasteiger charge is -2.54. The van der Waals surface area contributed by atoms with Gasteiger partial charge in [0.2, 0.25) is 0 Å². The quantitative estimate of drug-likeness (QED) is 0.424. The third-order valence-corrected chi connectivity index (χ3v) is 8.21. The summed E-state index contributed by atoms with van der Waals surface area (Å²) in [6, 6.07) is 18.1. The summed E-state index contributed by atoms with van der Waals surface area (Å²) in [6.07, 6.45) is -4.39. The highest BCUT2D eigenvalue weighted by atomic mass is 19.4. The Kier molecular flexibility index (Phi) is 6.36. The van der Waals surface area contributed by atoms with Crippen LogP contribution in [0.25, 0.3) is 0 Å². The molecule has 1 heterocycles. The van der Waals surface area contributed by atoms with E-state index in [0.29, 0.717) is 28.9 Å². The Hall–Kier alpha value is -3.23. The minimum atomic E-state index is -4.75. The molecule has 5 nitrogen and oxygen atoms in total. The Morgan fingerprint density at radius 3 is 2.57 bits per heavy atom. The number of halogens is 3. The van der Waals surface area contributed by atoms with Gasteiger partial charge in [0.1, 0.15) is 0 Å². The van der Waals surface area contributed by atoms with Crippen LogP contribution < -0.4 is 5.32 Å². The lowest BCUT2D eigenvalue weighted by molar-refractivity contribution is -0.280. The maximum Gasteiger partial charge on any atom is 0.417 e. The van der Waals surface area contributed by atoms with Gasteiger partial charge in [-0.15, -0.1) is 0 Å². The van der Waals surface area contributed by atoms with E-state index in [9.17, 15) is 28.2 Å². The van der Waals surface area contributed by atoms with Crippen LogP contribution in [-0.2, 0) is 11.8 Å². The van der Waals surface area contributed by atoms with E-state index in [4.69, 9.17) is 0 Å². The van der Waals surface area contributed by atoms with Gasteiger partial charge in [-0.1, -0.05) is 36.4 Å². The number of rotatable bonds is 4. The second-order valence-electron chi connectivity index (χ2n) is 10.4. The normalized spacial score (nSPS) is 27.2. The summed E-state index contributed by atoms with van der Waals surface area (Å²) >= 11 is 0. The molecule has 2 aliphatic carbocycles. The first kappa shape index (κ1) is 25.4. The molecule has 1 amide bonds. The number of aromatic nitrogens is 1. The fourth-order valence-electron chi connectivity index (χ4n) is 6.19. The number of nitrogens with zero attached hydrogens (tertiary/aromatic N) is 1. The predicted molar refractivity (Wildman–Crippen MR) is 133 cm³/mol. The lowest BCUT2D eigenvalue weighted by Crippen LogP contribution is -2.57. The number of carbonyl (C=O) groups excluding carboxylic acids is 1. The second kappa shape index (κ2) is 9.26. The number of aliphatic hydroxyl groups excluding tert-OH is 1. The molecule has 3 N–H and O–H groups in total. The number of carbonyl (C=O) groups is 1. The van der Waals surface area contributed by atoms with E-state index in [1.807, 2.05) is 30.3 Å². The summed E-state index contributed by atoms with van der Waals surface area (Å²) in [7, 11) is 0. The van der Waals surface area contributed by atoms with Crippen LogP contribution in [0.1, 0.15) is 64.5 Å². The first-order valence-electron chi connectivity index (χ1n) is 12.4. The van der Waals surface area contributed by atoms with E-state index in [-0.39, 0.29) is 18.7 Å². The van der Waals surface area contributed by atoms with Crippen LogP contribution in [0.5, 0.6) is 0 Å². The zero-order valence-electron chi connectivity index (χ0n) is 20.4. The van der Waals surface area contributed by atoms with E-state index < -0.39 is 42.1 Å². The number of hydrogen-bond donors (Lipinski definition) is 3. The van der Waals surface area contributed by atoms with Crippen molar-refractivity contribution < 1.29 is 28.2 Å². The molecule has 0 saturated heterocycles. The van der Waals surface area contributed by atoms with Gasteiger partial charge in [0.15, 0.2) is 5.60 Å². The Bertz CT molecular complexity index is 1310. The molecule has 2 aliphatic rings. The number of benzene rings is 2. The monoisotopic (exact) mass is 510 g/mol. The molecule has 4 atom stereocenters. The Labute approximate surface area is 213 Å². The Morgan fingerprint density at radius 2 is 1.86 bits per heavy atom. The topological polar surface area (TPSA) is 82.5 Å². The van der Waals surface area contributed by atoms with Gasteiger partial charge >= 0.3 is 6.18 Å². The van der Waals surface area contributed by atoms with Crippen LogP contribution in [0.3, 0.4) is 0 Å². The number of amides is 1. The SMILES string of the molecule is Cc1ncccc1NC(=O)c1ccc2c(c1)[C@H](O)C[C@@H]1C[C@@](O)(C(F)(F)F)CC[C@@]21Cc1ccccc1. The van der Waals surface area contributed by atoms with Gasteiger partial charge in [0.05, 0.1) is 17.5 Å². The molecule has 1 fully saturated rings. The number of anilines is 1. The van der Waals surface area contributed by atoms with Crippen LogP contribution in [0.4, 0.5) is 18.9 Å². The summed E-state index contributed by atoms with van der Waals surface area (Å²) in [5.41, 5.74) is 0.374. The van der Waals surface area contributed by atoms with Gasteiger partial charge in [-0.25, -0.2) is 0 Å². The maximum atomic E-state index is 13.8. The molecule has 1 aromatic heterocycles. The zero-order valence-corrected chi connectivity index (χ0v) is 20.4. The highest BCUT2D eigenvalue weighted by Gasteiger charge is 2.62. The van der Waals surface area contributed by atoms with Crippen molar-refractivity contribution in [3.8, 4) is 0 Å². The Morgan fingerprint density at radius 1 is 1.11 bits per heavy atom. The maximum absolute atomic E-state index is 13.8. The molecule has 0 aliphatic heterocycles. The third kappa shape index (κ3) is 4.53. The molecule has 194 valence electrons. The summed E-state index contributed by atoms with van der Waals surface area (Å²) in [5, 5.41) is 24.5. The number of nitrogens with one attached hydrogen (secondary N) is 1. The summed E-state index contributed by atoms with van der Waals surface area (Å²) in [6.45, 7) is 1.78. The summed E-state index contributed by atoms with van der Waals surface area (Å²) in [4.78, 5) is 17.2. The molecule has 37 heavy (non-hydrogen) atoms. The van der Waals surface area contributed by atoms with Gasteiger partial charge in [0, 0.05) is 17.2 Å². The average Bonchev–Trinajstić information content (AvgIpc) is 2.86. The molecule has 8 heteroatoms. The van der Waals surface area contributed by atoms with Gasteiger partial charge in [-0.2, -0.15) is 13.2 Å². The molecule has 5 rings (SSSR count). The molecular formula is C29H29F3N2O3. The van der Waals surface area contributed by atoms with Crippen molar-refractivity contribution in [3.63, 3.8) is 0 Å². The van der Waals surface area contributed by atoms with E-state index in [2.05, 4.69) is 10.3 Å². The number of aliphatic hydroxyl groups is 2. The fraction of sp³-hybridized carbons (Fsp3) is 0.379. The molecule has 3 aromatic rings. The zero-order chi connectivity index (χ0) is 26.4. The van der Waals surface area contributed by atoms with Crippen LogP contribution in [0, 0.1) is 12.8 Å². The van der Waals surface area contributed by atoms with E-state index >= 15 is 0 Å². The highest BCUT2D eigenvalue weighted by Crippen LogP contribution is 2.59. The molecule has 1 saturated carbocycles. The van der Waals surface area contributed by atoms with Crippen molar-refractivity contribution in [3.05, 3.63) is 94.8 Å². The third-order valence-electron chi connectivity index (χ3n) is 8.21. The smallest absolute Gasteiger partial charge is 0.388 e. The first-order valence-corrected chi connectivity index (χ1v) is 12.4. The van der Waals surface area contributed by atoms with E-state index in [1.54, 1.807) is 43.5 Å². The van der Waals surface area contributed by atoms with Crippen LogP contribution in [0.15, 0.2) is 66.9 Å². The molecule has 0 spiro atoms. The molecule has 0 unspecified atom stereocenters. The molecular weight excluding hydrogens is 481 g/mol. The van der Waals surface area contributed by atoms with Crippen molar-refractivity contribution in [2.75, 3.05) is 5.32 Å². The summed E-state index contributed by atoms with van der Waals surface area (Å²) < 4.78 is 41.5. The molecule has 0 bridgehead atoms. The van der Waals surface area contributed by atoms with Gasteiger partial charge in [0.25, 0.3) is 5.91 Å². The standard InChI is InChI=1S/C29H29F3N2O3/c1-18-24(8-5-13-33-18)34-26(36)20-9-10-23-22(14-20)25(35)15-21-17-28(37,29(30,31)32)12-11-27(21,23)16-19-6-3-2-4-7-19/h2-10,13-14,21,25,35,37H,11-12,15-17H2,1H3,(H,34,36)/t21-,25-,27+,28-/m1/s1. The van der Waals surface area contributed by atoms with Gasteiger partial charge in [-0.05, 0) is 85.9 Å². The van der Waals surface area contributed by atoms with Crippen LogP contribution in [0.2, 0.25) is 0 Å². The highest BCUT2D eigenvalue weighted by molar-refractivity contribution is 6.04.